The van der Waals surface area contributed by atoms with Gasteiger partial charge in [0.2, 0.25) is 0 Å². The first kappa shape index (κ1) is 25.6. The summed E-state index contributed by atoms with van der Waals surface area (Å²) in [5.74, 6) is 1.52. The Morgan fingerprint density at radius 2 is 1.44 bits per heavy atom. The average Bonchev–Trinajstić information content (AvgIpc) is 3.16. The molecule has 4 aromatic rings. The minimum absolute atomic E-state index is 0.220. The molecule has 1 aliphatic rings. The predicted molar refractivity (Wildman–Crippen MR) is 155 cm³/mol. The number of benzene rings is 4. The fourth-order valence-corrected chi connectivity index (χ4v) is 4.39. The van der Waals surface area contributed by atoms with E-state index in [1.165, 1.54) is 6.21 Å². The van der Waals surface area contributed by atoms with Crippen molar-refractivity contribution in [3.8, 4) is 11.5 Å². The zero-order chi connectivity index (χ0) is 27.0. The Morgan fingerprint density at radius 1 is 0.872 bits per heavy atom. The van der Waals surface area contributed by atoms with Crippen molar-refractivity contribution in [1.82, 2.24) is 5.32 Å². The van der Waals surface area contributed by atoms with E-state index in [0.717, 1.165) is 22.5 Å². The molecule has 39 heavy (non-hydrogen) atoms. The van der Waals surface area contributed by atoms with E-state index < -0.39 is 0 Å². The van der Waals surface area contributed by atoms with Crippen LogP contribution in [-0.4, -0.2) is 25.7 Å². The highest BCUT2D eigenvalue weighted by Gasteiger charge is 2.26. The number of nitrogens with one attached hydrogen (secondary N) is 3. The lowest BCUT2D eigenvalue weighted by atomic mass is 10.1. The van der Waals surface area contributed by atoms with Gasteiger partial charge in [-0.2, -0.15) is 0 Å². The van der Waals surface area contributed by atoms with E-state index in [1.54, 1.807) is 24.1 Å². The molecule has 3 N–H and O–H groups in total. The Kier molecular flexibility index (Phi) is 7.88. The van der Waals surface area contributed by atoms with Gasteiger partial charge in [0.05, 0.1) is 17.9 Å². The maximum atomic E-state index is 14.1. The molecular formula is C32H30N4O3. The van der Waals surface area contributed by atoms with Crippen LogP contribution in [0.2, 0.25) is 0 Å². The summed E-state index contributed by atoms with van der Waals surface area (Å²) in [6.07, 6.45) is 1.26. The molecule has 5 rings (SSSR count). The number of amides is 1. The third kappa shape index (κ3) is 6.10. The Labute approximate surface area is 228 Å². The molecule has 0 saturated carbocycles. The Morgan fingerprint density at radius 3 is 2.00 bits per heavy atom. The van der Waals surface area contributed by atoms with Crippen molar-refractivity contribution in [1.29, 1.82) is 5.41 Å². The number of rotatable bonds is 9. The maximum absolute atomic E-state index is 14.1. The minimum Gasteiger partial charge on any atom is -0.489 e. The van der Waals surface area contributed by atoms with Gasteiger partial charge in [0, 0.05) is 30.5 Å². The van der Waals surface area contributed by atoms with Gasteiger partial charge in [0.15, 0.2) is 0 Å². The normalized spacial score (nSPS) is 12.6. The van der Waals surface area contributed by atoms with Gasteiger partial charge in [0.1, 0.15) is 30.5 Å². The third-order valence-corrected chi connectivity index (χ3v) is 6.40. The van der Waals surface area contributed by atoms with Gasteiger partial charge in [-0.3, -0.25) is 4.79 Å². The third-order valence-electron chi connectivity index (χ3n) is 6.40. The van der Waals surface area contributed by atoms with E-state index in [4.69, 9.17) is 14.9 Å². The van der Waals surface area contributed by atoms with E-state index in [2.05, 4.69) is 10.6 Å². The predicted octanol–water partition coefficient (Wildman–Crippen LogP) is 6.00. The number of nitrogens with zero attached hydrogens (tertiary/aromatic N) is 1. The van der Waals surface area contributed by atoms with Gasteiger partial charge in [0.25, 0.3) is 5.91 Å². The van der Waals surface area contributed by atoms with Crippen LogP contribution in [0.15, 0.2) is 115 Å². The average molecular weight is 519 g/mol. The zero-order valence-corrected chi connectivity index (χ0v) is 21.7. The van der Waals surface area contributed by atoms with Gasteiger partial charge in [-0.05, 0) is 35.4 Å². The largest absolute Gasteiger partial charge is 0.489 e. The molecule has 0 radical (unpaired) electrons. The number of hydrogen-bond acceptors (Lipinski definition) is 6. The first-order valence-electron chi connectivity index (χ1n) is 12.7. The Bertz CT molecular complexity index is 1420. The van der Waals surface area contributed by atoms with Crippen LogP contribution in [-0.2, 0) is 13.2 Å². The highest BCUT2D eigenvalue weighted by molar-refractivity contribution is 6.09. The standard InChI is InChI=1S/C32H30N4O3/c1-34-31-26(19-33)20-36(30-15-9-8-14-29(30)35-31)32(37)25-16-27(38-21-23-10-4-2-5-11-23)18-28(17-25)39-22-24-12-6-3-7-13-24/h2-19,33-35H,20-22H2,1H3. The van der Waals surface area contributed by atoms with Crippen molar-refractivity contribution in [2.75, 3.05) is 23.8 Å². The molecule has 196 valence electrons. The van der Waals surface area contributed by atoms with Crippen LogP contribution in [0.4, 0.5) is 11.4 Å². The first-order chi connectivity index (χ1) is 19.1. The lowest BCUT2D eigenvalue weighted by molar-refractivity contribution is 0.0988. The van der Waals surface area contributed by atoms with E-state index in [1.807, 2.05) is 91.0 Å². The summed E-state index contributed by atoms with van der Waals surface area (Å²) < 4.78 is 12.2. The SMILES string of the molecule is CNC1=C(C=N)CN(C(=O)c2cc(OCc3ccccc3)cc(OCc3ccccc3)c2)c2ccccc2N1. The second-order valence-electron chi connectivity index (χ2n) is 9.07. The molecule has 0 fully saturated rings. The minimum atomic E-state index is -0.226. The van der Waals surface area contributed by atoms with Crippen molar-refractivity contribution < 1.29 is 14.3 Å². The fraction of sp³-hybridized carbons (Fsp3) is 0.125. The summed E-state index contributed by atoms with van der Waals surface area (Å²) in [6, 6.07) is 32.7. The second kappa shape index (κ2) is 12.0. The molecule has 0 bridgehead atoms. The molecular weight excluding hydrogens is 488 g/mol. The van der Waals surface area contributed by atoms with Crippen molar-refractivity contribution in [3.05, 3.63) is 131 Å². The number of carbonyl (C=O) groups excluding carboxylic acids is 1. The van der Waals surface area contributed by atoms with Crippen molar-refractivity contribution in [2.45, 2.75) is 13.2 Å². The van der Waals surface area contributed by atoms with Gasteiger partial charge in [-0.25, -0.2) is 0 Å². The topological polar surface area (TPSA) is 86.7 Å². The highest BCUT2D eigenvalue weighted by Crippen LogP contribution is 2.33. The highest BCUT2D eigenvalue weighted by atomic mass is 16.5. The molecule has 0 aromatic heterocycles. The smallest absolute Gasteiger partial charge is 0.258 e. The van der Waals surface area contributed by atoms with Crippen molar-refractivity contribution >= 4 is 23.5 Å². The number of fused-ring (bicyclic) bond motifs is 1. The zero-order valence-electron chi connectivity index (χ0n) is 21.7. The van der Waals surface area contributed by atoms with Crippen molar-refractivity contribution in [3.63, 3.8) is 0 Å². The number of ether oxygens (including phenoxy) is 2. The Hall–Kier alpha value is -5.04. The molecule has 0 saturated heterocycles. The molecule has 4 aromatic carbocycles. The van der Waals surface area contributed by atoms with Crippen LogP contribution in [0, 0.1) is 5.41 Å². The maximum Gasteiger partial charge on any atom is 0.258 e. The summed E-state index contributed by atoms with van der Waals surface area (Å²) in [5, 5.41) is 14.4. The molecule has 1 heterocycles. The van der Waals surface area contributed by atoms with Crippen LogP contribution in [0.3, 0.4) is 0 Å². The van der Waals surface area contributed by atoms with E-state index >= 15 is 0 Å². The van der Waals surface area contributed by atoms with E-state index in [0.29, 0.717) is 41.7 Å². The number of anilines is 2. The van der Waals surface area contributed by atoms with E-state index in [-0.39, 0.29) is 12.5 Å². The number of para-hydroxylation sites is 2. The molecule has 0 aliphatic carbocycles. The summed E-state index contributed by atoms with van der Waals surface area (Å²) in [4.78, 5) is 15.8. The van der Waals surface area contributed by atoms with Crippen LogP contribution in [0.5, 0.6) is 11.5 Å². The molecule has 1 amide bonds. The number of carbonyl (C=O) groups is 1. The van der Waals surface area contributed by atoms with Gasteiger partial charge in [-0.1, -0.05) is 72.8 Å². The molecule has 0 unspecified atom stereocenters. The lowest BCUT2D eigenvalue weighted by Gasteiger charge is -2.23. The summed E-state index contributed by atoms with van der Waals surface area (Å²) >= 11 is 0. The quantitative estimate of drug-likeness (QED) is 0.237. The van der Waals surface area contributed by atoms with Crippen LogP contribution in [0.25, 0.3) is 0 Å². The molecule has 1 aliphatic heterocycles. The molecule has 0 spiro atoms. The van der Waals surface area contributed by atoms with Gasteiger partial charge < -0.3 is 30.4 Å². The molecule has 7 nitrogen and oxygen atoms in total. The van der Waals surface area contributed by atoms with Crippen LogP contribution >= 0.6 is 0 Å². The first-order valence-corrected chi connectivity index (χ1v) is 12.7. The lowest BCUT2D eigenvalue weighted by Crippen LogP contribution is -2.33. The molecule has 7 heteroatoms. The van der Waals surface area contributed by atoms with E-state index in [9.17, 15) is 4.79 Å². The van der Waals surface area contributed by atoms with Crippen LogP contribution < -0.4 is 25.0 Å². The van der Waals surface area contributed by atoms with Gasteiger partial charge >= 0.3 is 0 Å². The Balaban J connectivity index is 1.49. The van der Waals surface area contributed by atoms with Gasteiger partial charge in [-0.15, -0.1) is 0 Å². The summed E-state index contributed by atoms with van der Waals surface area (Å²) in [7, 11) is 1.79. The number of hydrogen-bond donors (Lipinski definition) is 3. The van der Waals surface area contributed by atoms with Crippen LogP contribution in [0.1, 0.15) is 21.5 Å². The van der Waals surface area contributed by atoms with Crippen molar-refractivity contribution in [2.24, 2.45) is 0 Å². The summed E-state index contributed by atoms with van der Waals surface area (Å²) in [5.41, 5.74) is 4.61. The monoisotopic (exact) mass is 518 g/mol. The molecule has 0 atom stereocenters. The summed E-state index contributed by atoms with van der Waals surface area (Å²) in [6.45, 7) is 0.941. The fourth-order valence-electron chi connectivity index (χ4n) is 4.39. The second-order valence-corrected chi connectivity index (χ2v) is 9.07.